The predicted octanol–water partition coefficient (Wildman–Crippen LogP) is 3.92. The molecule has 0 aliphatic carbocycles. The van der Waals surface area contributed by atoms with Crippen LogP contribution in [0.25, 0.3) is 22.6 Å². The Bertz CT molecular complexity index is 1150. The minimum atomic E-state index is -4.42. The number of hydrogen-bond donors (Lipinski definition) is 0. The summed E-state index contributed by atoms with van der Waals surface area (Å²) in [4.78, 5) is 18.8. The molecule has 0 bridgehead atoms. The number of anilines is 1. The molecule has 4 heterocycles. The van der Waals surface area contributed by atoms with E-state index in [9.17, 15) is 13.2 Å². The van der Waals surface area contributed by atoms with E-state index >= 15 is 0 Å². The average molecular weight is 461 g/mol. The molecule has 0 amide bonds. The Hall–Kier alpha value is -2.72. The molecule has 7 nitrogen and oxygen atoms in total. The fourth-order valence-corrected chi connectivity index (χ4v) is 4.63. The zero-order valence-electron chi connectivity index (χ0n) is 18.8. The summed E-state index contributed by atoms with van der Waals surface area (Å²) in [7, 11) is 2.09. The number of fused-ring (bicyclic) bond motifs is 1. The zero-order valence-corrected chi connectivity index (χ0v) is 18.8. The maximum Gasteiger partial charge on any atom is 0.416 e. The summed E-state index contributed by atoms with van der Waals surface area (Å²) >= 11 is 0. The molecule has 10 heteroatoms. The van der Waals surface area contributed by atoms with Crippen LogP contribution in [0.2, 0.25) is 0 Å². The first kappa shape index (κ1) is 22.1. The van der Waals surface area contributed by atoms with Gasteiger partial charge in [0.25, 0.3) is 0 Å². The van der Waals surface area contributed by atoms with Gasteiger partial charge in [0, 0.05) is 51.0 Å². The summed E-state index contributed by atoms with van der Waals surface area (Å²) in [6.45, 7) is 6.49. The Labute approximate surface area is 190 Å². The lowest BCUT2D eigenvalue weighted by Crippen LogP contribution is -2.45. The minimum absolute atomic E-state index is 0.0444. The van der Waals surface area contributed by atoms with Crippen LogP contribution >= 0.6 is 0 Å². The minimum Gasteiger partial charge on any atom is -0.381 e. The highest BCUT2D eigenvalue weighted by molar-refractivity contribution is 5.87. The Morgan fingerprint density at radius 2 is 1.73 bits per heavy atom. The zero-order chi connectivity index (χ0) is 23.2. The Kier molecular flexibility index (Phi) is 5.74. The number of aromatic nitrogens is 4. The van der Waals surface area contributed by atoms with E-state index < -0.39 is 11.7 Å². The summed E-state index contributed by atoms with van der Waals surface area (Å²) in [5.41, 5.74) is 1.06. The summed E-state index contributed by atoms with van der Waals surface area (Å²) in [5, 5.41) is 0. The molecule has 0 N–H and O–H groups in total. The van der Waals surface area contributed by atoms with Crippen molar-refractivity contribution in [3.63, 3.8) is 0 Å². The molecule has 2 saturated heterocycles. The smallest absolute Gasteiger partial charge is 0.381 e. The van der Waals surface area contributed by atoms with Gasteiger partial charge in [-0.25, -0.2) is 15.0 Å². The number of likely N-dealkylation sites (N-methyl/N-ethyl adjacent to an activating group) is 1. The van der Waals surface area contributed by atoms with E-state index in [1.807, 2.05) is 11.5 Å². The van der Waals surface area contributed by atoms with Gasteiger partial charge in [0.15, 0.2) is 17.0 Å². The first-order valence-corrected chi connectivity index (χ1v) is 11.3. The number of alkyl halides is 3. The maximum atomic E-state index is 13.5. The molecule has 33 heavy (non-hydrogen) atoms. The van der Waals surface area contributed by atoms with Gasteiger partial charge in [-0.1, -0.05) is 12.1 Å². The van der Waals surface area contributed by atoms with Gasteiger partial charge in [-0.2, -0.15) is 13.2 Å². The number of aryl methyl sites for hydroxylation is 1. The molecule has 2 aromatic heterocycles. The topological polar surface area (TPSA) is 59.3 Å². The van der Waals surface area contributed by atoms with Crippen molar-refractivity contribution in [3.05, 3.63) is 35.7 Å². The molecule has 176 valence electrons. The van der Waals surface area contributed by atoms with Crippen molar-refractivity contribution in [2.75, 3.05) is 51.3 Å². The normalized spacial score (nSPS) is 18.9. The lowest BCUT2D eigenvalue weighted by molar-refractivity contribution is -0.137. The summed E-state index contributed by atoms with van der Waals surface area (Å²) in [6, 6.07) is 5.42. The van der Waals surface area contributed by atoms with Crippen LogP contribution in [0.15, 0.2) is 24.3 Å². The maximum absolute atomic E-state index is 13.5. The molecule has 0 unspecified atom stereocenters. The second-order valence-electron chi connectivity index (χ2n) is 8.78. The fraction of sp³-hybridized carbons (Fsp3) is 0.522. The number of piperazine rings is 1. The summed E-state index contributed by atoms with van der Waals surface area (Å²) in [5.74, 6) is 1.88. The van der Waals surface area contributed by atoms with Crippen LogP contribution in [-0.4, -0.2) is 70.9 Å². The van der Waals surface area contributed by atoms with Crippen LogP contribution in [-0.2, 0) is 10.9 Å². The largest absolute Gasteiger partial charge is 0.416 e. The van der Waals surface area contributed by atoms with Crippen molar-refractivity contribution in [2.24, 2.45) is 0 Å². The monoisotopic (exact) mass is 460 g/mol. The Morgan fingerprint density at radius 1 is 1.00 bits per heavy atom. The van der Waals surface area contributed by atoms with E-state index in [-0.39, 0.29) is 6.04 Å². The third-order valence-electron chi connectivity index (χ3n) is 6.44. The molecule has 0 radical (unpaired) electrons. The average Bonchev–Trinajstić information content (AvgIpc) is 3.18. The van der Waals surface area contributed by atoms with Crippen LogP contribution < -0.4 is 4.90 Å². The number of hydrogen-bond acceptors (Lipinski definition) is 6. The molecular formula is C23H27F3N6O. The van der Waals surface area contributed by atoms with E-state index in [1.54, 1.807) is 6.07 Å². The van der Waals surface area contributed by atoms with E-state index in [4.69, 9.17) is 19.7 Å². The van der Waals surface area contributed by atoms with Gasteiger partial charge in [0.2, 0.25) is 0 Å². The molecule has 2 fully saturated rings. The molecule has 3 aromatic rings. The van der Waals surface area contributed by atoms with Gasteiger partial charge in [0.1, 0.15) is 11.6 Å². The van der Waals surface area contributed by atoms with Crippen molar-refractivity contribution < 1.29 is 17.9 Å². The quantitative estimate of drug-likeness (QED) is 0.591. The third-order valence-corrected chi connectivity index (χ3v) is 6.44. The molecule has 2 aliphatic rings. The van der Waals surface area contributed by atoms with Crippen molar-refractivity contribution in [3.8, 4) is 11.4 Å². The molecule has 1 aromatic carbocycles. The van der Waals surface area contributed by atoms with E-state index in [0.717, 1.165) is 50.9 Å². The highest BCUT2D eigenvalue weighted by Gasteiger charge is 2.32. The Morgan fingerprint density at radius 3 is 2.42 bits per heavy atom. The Balaban J connectivity index is 1.70. The van der Waals surface area contributed by atoms with E-state index in [0.29, 0.717) is 41.6 Å². The summed E-state index contributed by atoms with van der Waals surface area (Å²) < 4.78 is 47.9. The molecular weight excluding hydrogens is 433 g/mol. The number of halogens is 3. The van der Waals surface area contributed by atoms with Crippen molar-refractivity contribution in [2.45, 2.75) is 32.0 Å². The van der Waals surface area contributed by atoms with Crippen LogP contribution in [0.1, 0.15) is 30.3 Å². The van der Waals surface area contributed by atoms with Gasteiger partial charge in [-0.15, -0.1) is 0 Å². The molecule has 0 atom stereocenters. The van der Waals surface area contributed by atoms with Gasteiger partial charge >= 0.3 is 6.18 Å². The summed E-state index contributed by atoms with van der Waals surface area (Å²) in [6.07, 6.45) is -2.92. The molecule has 0 saturated carbocycles. The molecule has 5 rings (SSSR count). The number of ether oxygens (including phenoxy) is 1. The SMILES string of the molecule is Cc1nc(N2CCN(C)CC2)c2nc(-c3cccc(C(F)(F)F)c3)n(C3CCOCC3)c2n1. The van der Waals surface area contributed by atoms with Crippen LogP contribution in [0, 0.1) is 6.92 Å². The highest BCUT2D eigenvalue weighted by atomic mass is 19.4. The van der Waals surface area contributed by atoms with Crippen LogP contribution in [0.5, 0.6) is 0 Å². The van der Waals surface area contributed by atoms with E-state index in [1.165, 1.54) is 12.1 Å². The van der Waals surface area contributed by atoms with Gasteiger partial charge in [0.05, 0.1) is 5.56 Å². The third kappa shape index (κ3) is 4.29. The predicted molar refractivity (Wildman–Crippen MR) is 119 cm³/mol. The number of benzene rings is 1. The lowest BCUT2D eigenvalue weighted by atomic mass is 10.1. The van der Waals surface area contributed by atoms with Crippen molar-refractivity contribution >= 4 is 17.0 Å². The number of imidazole rings is 1. The van der Waals surface area contributed by atoms with Crippen molar-refractivity contribution in [1.29, 1.82) is 0 Å². The van der Waals surface area contributed by atoms with Crippen molar-refractivity contribution in [1.82, 2.24) is 24.4 Å². The van der Waals surface area contributed by atoms with Crippen LogP contribution in [0.4, 0.5) is 19.0 Å². The number of rotatable bonds is 3. The first-order chi connectivity index (χ1) is 15.8. The first-order valence-electron chi connectivity index (χ1n) is 11.3. The number of nitrogens with zero attached hydrogens (tertiary/aromatic N) is 6. The standard InChI is InChI=1S/C23H27F3N6O/c1-15-27-21(31-10-8-30(2)9-11-31)19-22(28-15)32(18-6-12-33-13-7-18)20(29-19)16-4-3-5-17(14-16)23(24,25)26/h3-5,14,18H,6-13H2,1-2H3. The molecule has 0 spiro atoms. The van der Waals surface area contributed by atoms with Gasteiger partial charge in [-0.05, 0) is 38.9 Å². The fourth-order valence-electron chi connectivity index (χ4n) is 4.63. The second-order valence-corrected chi connectivity index (χ2v) is 8.78. The highest BCUT2D eigenvalue weighted by Crippen LogP contribution is 2.37. The van der Waals surface area contributed by atoms with Gasteiger partial charge in [-0.3, -0.25) is 0 Å². The van der Waals surface area contributed by atoms with Gasteiger partial charge < -0.3 is 19.1 Å². The second kappa shape index (κ2) is 8.57. The van der Waals surface area contributed by atoms with E-state index in [2.05, 4.69) is 16.8 Å². The molecule has 2 aliphatic heterocycles. The van der Waals surface area contributed by atoms with Crippen LogP contribution in [0.3, 0.4) is 0 Å². The lowest BCUT2D eigenvalue weighted by Gasteiger charge is -2.33.